The Hall–Kier alpha value is -1.02. The summed E-state index contributed by atoms with van der Waals surface area (Å²) in [6.07, 6.45) is 0. The second-order valence-electron chi connectivity index (χ2n) is 7.92. The van der Waals surface area contributed by atoms with Crippen LogP contribution in [-0.2, 0) is 17.4 Å². The number of phenolic OH excluding ortho intramolecular Hbond substituents is 1. The van der Waals surface area contributed by atoms with Gasteiger partial charge in [0.1, 0.15) is 12.3 Å². The molecule has 0 atom stereocenters. The molecule has 0 aliphatic rings. The Labute approximate surface area is 118 Å². The van der Waals surface area contributed by atoms with Gasteiger partial charge < -0.3 is 10.0 Å². The largest absolute Gasteiger partial charge is 0.507 e. The van der Waals surface area contributed by atoms with Crippen LogP contribution in [0.5, 0.6) is 5.75 Å². The molecule has 0 spiro atoms. The average Bonchev–Trinajstić information content (AvgIpc) is 2.16. The number of nitrogens with one attached hydrogen (secondary N) is 1. The van der Waals surface area contributed by atoms with Crippen molar-refractivity contribution in [3.8, 4) is 5.75 Å². The van der Waals surface area contributed by atoms with Gasteiger partial charge in [0.2, 0.25) is 0 Å². The summed E-state index contributed by atoms with van der Waals surface area (Å²) in [6, 6.07) is 4.33. The molecule has 0 saturated carbocycles. The minimum atomic E-state index is -0.0399. The molecule has 0 fully saturated rings. The molecule has 2 heteroatoms. The van der Waals surface area contributed by atoms with Gasteiger partial charge in [-0.1, -0.05) is 47.6 Å². The molecule has 2 nitrogen and oxygen atoms in total. The third-order valence-electron chi connectivity index (χ3n) is 3.41. The summed E-state index contributed by atoms with van der Waals surface area (Å²) in [5.74, 6) is 0.474. The van der Waals surface area contributed by atoms with E-state index in [4.69, 9.17) is 0 Å². The summed E-state index contributed by atoms with van der Waals surface area (Å²) < 4.78 is 0. The lowest BCUT2D eigenvalue weighted by atomic mass is 9.79. The number of hydrogen-bond donors (Lipinski definition) is 2. The monoisotopic (exact) mass is 264 g/mol. The van der Waals surface area contributed by atoms with Crippen LogP contribution in [0.1, 0.15) is 58.2 Å². The van der Waals surface area contributed by atoms with Crippen molar-refractivity contribution in [3.63, 3.8) is 0 Å². The van der Waals surface area contributed by atoms with Gasteiger partial charge in [-0.25, -0.2) is 0 Å². The van der Waals surface area contributed by atoms with E-state index < -0.39 is 0 Å². The Balaban J connectivity index is 3.48. The van der Waals surface area contributed by atoms with Crippen molar-refractivity contribution in [2.24, 2.45) is 0 Å². The number of quaternary nitrogens is 1. The van der Waals surface area contributed by atoms with Crippen molar-refractivity contribution in [2.75, 3.05) is 14.1 Å². The fraction of sp³-hybridized carbons (Fsp3) is 0.647. The molecule has 0 saturated heterocycles. The van der Waals surface area contributed by atoms with E-state index in [0.717, 1.165) is 17.7 Å². The molecule has 1 aromatic rings. The maximum absolute atomic E-state index is 10.6. The zero-order valence-electron chi connectivity index (χ0n) is 13.8. The van der Waals surface area contributed by atoms with Crippen LogP contribution in [0.25, 0.3) is 0 Å². The molecule has 0 radical (unpaired) electrons. The summed E-state index contributed by atoms with van der Waals surface area (Å²) in [6.45, 7) is 14.0. The van der Waals surface area contributed by atoms with Crippen LogP contribution in [-0.4, -0.2) is 19.2 Å². The Kier molecular flexibility index (Phi) is 4.36. The lowest BCUT2D eigenvalue weighted by Crippen LogP contribution is -3.04. The predicted molar refractivity (Wildman–Crippen MR) is 82.0 cm³/mol. The standard InChI is InChI=1S/C17H29NO/c1-16(2,3)13-9-12(11-18(7)8)15(19)14(10-13)17(4,5)6/h9-10,19H,11H2,1-8H3/p+1. The molecule has 0 bridgehead atoms. The van der Waals surface area contributed by atoms with E-state index >= 15 is 0 Å². The summed E-state index contributed by atoms with van der Waals surface area (Å²) in [5.41, 5.74) is 3.46. The predicted octanol–water partition coefficient (Wildman–Crippen LogP) is 2.63. The average molecular weight is 264 g/mol. The molecule has 0 aromatic heterocycles. The fourth-order valence-electron chi connectivity index (χ4n) is 2.21. The minimum absolute atomic E-state index is 0.0399. The molecule has 0 aliphatic carbocycles. The van der Waals surface area contributed by atoms with E-state index in [9.17, 15) is 5.11 Å². The highest BCUT2D eigenvalue weighted by atomic mass is 16.3. The highest BCUT2D eigenvalue weighted by Gasteiger charge is 2.25. The van der Waals surface area contributed by atoms with Crippen molar-refractivity contribution in [1.82, 2.24) is 0 Å². The highest BCUT2D eigenvalue weighted by molar-refractivity contribution is 5.48. The molecule has 1 aromatic carbocycles. The van der Waals surface area contributed by atoms with Crippen molar-refractivity contribution in [1.29, 1.82) is 0 Å². The van der Waals surface area contributed by atoms with E-state index in [1.54, 1.807) is 0 Å². The quantitative estimate of drug-likeness (QED) is 0.843. The van der Waals surface area contributed by atoms with Gasteiger partial charge in [-0.15, -0.1) is 0 Å². The third-order valence-corrected chi connectivity index (χ3v) is 3.41. The second kappa shape index (κ2) is 5.16. The van der Waals surface area contributed by atoms with Gasteiger partial charge in [-0.2, -0.15) is 0 Å². The normalized spacial score (nSPS) is 13.1. The summed E-state index contributed by atoms with van der Waals surface area (Å²) in [4.78, 5) is 1.32. The van der Waals surface area contributed by atoms with Gasteiger partial charge >= 0.3 is 0 Å². The lowest BCUT2D eigenvalue weighted by molar-refractivity contribution is -0.872. The number of rotatable bonds is 2. The second-order valence-corrected chi connectivity index (χ2v) is 7.92. The van der Waals surface area contributed by atoms with Gasteiger partial charge in [-0.3, -0.25) is 0 Å². The maximum Gasteiger partial charge on any atom is 0.128 e. The molecular weight excluding hydrogens is 234 g/mol. The van der Waals surface area contributed by atoms with Gasteiger partial charge in [0, 0.05) is 11.1 Å². The van der Waals surface area contributed by atoms with E-state index in [2.05, 4.69) is 67.8 Å². The number of phenols is 1. The highest BCUT2D eigenvalue weighted by Crippen LogP contribution is 2.37. The number of hydrogen-bond acceptors (Lipinski definition) is 1. The fourth-order valence-corrected chi connectivity index (χ4v) is 2.21. The van der Waals surface area contributed by atoms with E-state index in [0.29, 0.717) is 5.75 Å². The number of aromatic hydroxyl groups is 1. The molecule has 0 aliphatic heterocycles. The van der Waals surface area contributed by atoms with Crippen LogP contribution in [0.15, 0.2) is 12.1 Å². The molecule has 0 unspecified atom stereocenters. The smallest absolute Gasteiger partial charge is 0.128 e. The first-order valence-electron chi connectivity index (χ1n) is 7.09. The van der Waals surface area contributed by atoms with Crippen molar-refractivity contribution in [3.05, 3.63) is 28.8 Å². The zero-order valence-corrected chi connectivity index (χ0v) is 13.8. The van der Waals surface area contributed by atoms with Crippen LogP contribution < -0.4 is 4.90 Å². The van der Waals surface area contributed by atoms with Crippen molar-refractivity contribution >= 4 is 0 Å². The Bertz CT molecular complexity index is 448. The molecular formula is C17H30NO+. The summed E-state index contributed by atoms with van der Waals surface area (Å²) >= 11 is 0. The molecule has 108 valence electrons. The van der Waals surface area contributed by atoms with E-state index in [-0.39, 0.29) is 10.8 Å². The summed E-state index contributed by atoms with van der Waals surface area (Å²) in [7, 11) is 4.22. The zero-order chi connectivity index (χ0) is 15.0. The van der Waals surface area contributed by atoms with Gasteiger partial charge in [-0.05, 0) is 22.5 Å². The van der Waals surface area contributed by atoms with Gasteiger partial charge in [0.05, 0.1) is 14.1 Å². The molecule has 2 N–H and O–H groups in total. The van der Waals surface area contributed by atoms with Crippen molar-refractivity contribution in [2.45, 2.75) is 58.9 Å². The van der Waals surface area contributed by atoms with Crippen LogP contribution >= 0.6 is 0 Å². The third kappa shape index (κ3) is 3.97. The van der Waals surface area contributed by atoms with Crippen LogP contribution in [0, 0.1) is 0 Å². The molecule has 19 heavy (non-hydrogen) atoms. The van der Waals surface area contributed by atoms with E-state index in [1.165, 1.54) is 10.5 Å². The first-order valence-corrected chi connectivity index (χ1v) is 7.09. The first-order chi connectivity index (χ1) is 8.43. The van der Waals surface area contributed by atoms with Crippen LogP contribution in [0.2, 0.25) is 0 Å². The lowest BCUT2D eigenvalue weighted by Gasteiger charge is -2.27. The SMILES string of the molecule is C[NH+](C)Cc1cc(C(C)(C)C)cc(C(C)(C)C)c1O. The Morgan fingerprint density at radius 1 is 0.947 bits per heavy atom. The van der Waals surface area contributed by atoms with Gasteiger partial charge in [0.25, 0.3) is 0 Å². The first kappa shape index (κ1) is 16.0. The van der Waals surface area contributed by atoms with Crippen LogP contribution in [0.4, 0.5) is 0 Å². The van der Waals surface area contributed by atoms with Gasteiger partial charge in [0.15, 0.2) is 0 Å². The van der Waals surface area contributed by atoms with Crippen LogP contribution in [0.3, 0.4) is 0 Å². The topological polar surface area (TPSA) is 24.7 Å². The Morgan fingerprint density at radius 2 is 1.47 bits per heavy atom. The van der Waals surface area contributed by atoms with E-state index in [1.807, 2.05) is 0 Å². The minimum Gasteiger partial charge on any atom is -0.507 e. The van der Waals surface area contributed by atoms with Crippen molar-refractivity contribution < 1.29 is 10.0 Å². The number of benzene rings is 1. The Morgan fingerprint density at radius 3 is 1.84 bits per heavy atom. The summed E-state index contributed by atoms with van der Waals surface area (Å²) in [5, 5.41) is 10.6. The molecule has 0 heterocycles. The molecule has 0 amide bonds. The molecule has 1 rings (SSSR count). The maximum atomic E-state index is 10.6.